The number of hydrogen-bond acceptors (Lipinski definition) is 2. The minimum atomic E-state index is -0.467. The highest BCUT2D eigenvalue weighted by Gasteiger charge is 2.22. The number of carbonyl (C=O) groups is 1. The first-order chi connectivity index (χ1) is 7.82. The van der Waals surface area contributed by atoms with Crippen molar-refractivity contribution in [1.82, 2.24) is 5.32 Å². The summed E-state index contributed by atoms with van der Waals surface area (Å²) >= 11 is 0. The molecule has 0 unspecified atom stereocenters. The predicted molar refractivity (Wildman–Crippen MR) is 70.8 cm³/mol. The zero-order valence-electron chi connectivity index (χ0n) is 11.1. The molecule has 1 aromatic carbocycles. The molecule has 94 valence electrons. The zero-order valence-corrected chi connectivity index (χ0v) is 11.1. The molecule has 0 fully saturated rings. The maximum Gasteiger partial charge on any atom is 0.237 e. The summed E-state index contributed by atoms with van der Waals surface area (Å²) in [5.74, 6) is -0.108. The van der Waals surface area contributed by atoms with Crippen LogP contribution in [0.2, 0.25) is 0 Å². The molecule has 0 spiro atoms. The molecule has 0 aliphatic carbocycles. The van der Waals surface area contributed by atoms with E-state index in [0.29, 0.717) is 0 Å². The summed E-state index contributed by atoms with van der Waals surface area (Å²) in [4.78, 5) is 11.6. The molecule has 0 bridgehead atoms. The van der Waals surface area contributed by atoms with Crippen LogP contribution in [0.25, 0.3) is 0 Å². The van der Waals surface area contributed by atoms with E-state index in [4.69, 9.17) is 5.73 Å². The van der Waals surface area contributed by atoms with Gasteiger partial charge in [0, 0.05) is 5.54 Å². The summed E-state index contributed by atoms with van der Waals surface area (Å²) in [6, 6.07) is 7.75. The molecule has 1 aromatic rings. The molecule has 3 N–H and O–H groups in total. The van der Waals surface area contributed by atoms with Gasteiger partial charge in [-0.1, -0.05) is 24.3 Å². The Labute approximate surface area is 103 Å². The minimum Gasteiger partial charge on any atom is -0.350 e. The second kappa shape index (κ2) is 5.32. The highest BCUT2D eigenvalue weighted by atomic mass is 16.2. The third kappa shape index (κ3) is 4.19. The second-order valence-electron chi connectivity index (χ2n) is 5.27. The van der Waals surface area contributed by atoms with Crippen molar-refractivity contribution >= 4 is 5.91 Å². The normalized spacial score (nSPS) is 13.2. The van der Waals surface area contributed by atoms with Crippen LogP contribution in [0.3, 0.4) is 0 Å². The number of rotatable bonds is 4. The molecule has 0 saturated carbocycles. The maximum absolute atomic E-state index is 11.6. The quantitative estimate of drug-likeness (QED) is 0.834. The molecule has 3 heteroatoms. The third-order valence-electron chi connectivity index (χ3n) is 2.77. The summed E-state index contributed by atoms with van der Waals surface area (Å²) < 4.78 is 0. The van der Waals surface area contributed by atoms with Crippen LogP contribution in [0, 0.1) is 6.92 Å². The Kier molecular flexibility index (Phi) is 4.29. The molecule has 0 aromatic heterocycles. The molecule has 1 atom stereocenters. The lowest BCUT2D eigenvalue weighted by molar-refractivity contribution is -0.123. The molecule has 17 heavy (non-hydrogen) atoms. The van der Waals surface area contributed by atoms with E-state index in [1.165, 1.54) is 11.1 Å². The first-order valence-electron chi connectivity index (χ1n) is 5.94. The average Bonchev–Trinajstić information content (AvgIpc) is 2.20. The van der Waals surface area contributed by atoms with Gasteiger partial charge in [-0.05, 0) is 45.2 Å². The topological polar surface area (TPSA) is 55.1 Å². The maximum atomic E-state index is 11.6. The van der Waals surface area contributed by atoms with Gasteiger partial charge in [0.1, 0.15) is 0 Å². The van der Waals surface area contributed by atoms with Gasteiger partial charge >= 0.3 is 0 Å². The number of nitrogens with two attached hydrogens (primary N) is 1. The van der Waals surface area contributed by atoms with Gasteiger partial charge in [0.25, 0.3) is 0 Å². The van der Waals surface area contributed by atoms with Crippen molar-refractivity contribution in [1.29, 1.82) is 0 Å². The Morgan fingerprint density at radius 2 is 2.00 bits per heavy atom. The Morgan fingerprint density at radius 1 is 1.41 bits per heavy atom. The third-order valence-corrected chi connectivity index (χ3v) is 2.77. The summed E-state index contributed by atoms with van der Waals surface area (Å²) in [6.07, 6.45) is 0.804. The Morgan fingerprint density at radius 3 is 2.53 bits per heavy atom. The van der Waals surface area contributed by atoms with Gasteiger partial charge in [-0.2, -0.15) is 0 Å². The van der Waals surface area contributed by atoms with Crippen LogP contribution >= 0.6 is 0 Å². The van der Waals surface area contributed by atoms with Crippen LogP contribution in [-0.4, -0.2) is 17.5 Å². The zero-order chi connectivity index (χ0) is 13.1. The van der Waals surface area contributed by atoms with E-state index in [9.17, 15) is 4.79 Å². The van der Waals surface area contributed by atoms with Crippen molar-refractivity contribution in [2.75, 3.05) is 0 Å². The SMILES string of the molecule is Cc1ccccc1CC(C)(C)NC(=O)[C@H](C)N. The lowest BCUT2D eigenvalue weighted by Gasteiger charge is -2.28. The molecule has 3 nitrogen and oxygen atoms in total. The molecule has 0 radical (unpaired) electrons. The highest BCUT2D eigenvalue weighted by molar-refractivity contribution is 5.81. The van der Waals surface area contributed by atoms with Gasteiger partial charge in [-0.15, -0.1) is 0 Å². The molecule has 0 saturated heterocycles. The number of aryl methyl sites for hydroxylation is 1. The fraction of sp³-hybridized carbons (Fsp3) is 0.500. The van der Waals surface area contributed by atoms with E-state index in [0.717, 1.165) is 6.42 Å². The summed E-state index contributed by atoms with van der Waals surface area (Å²) in [6.45, 7) is 7.80. The lowest BCUT2D eigenvalue weighted by Crippen LogP contribution is -2.50. The predicted octanol–water partition coefficient (Wildman–Crippen LogP) is 1.78. The van der Waals surface area contributed by atoms with E-state index < -0.39 is 6.04 Å². The van der Waals surface area contributed by atoms with Gasteiger partial charge in [0.05, 0.1) is 6.04 Å². The van der Waals surface area contributed by atoms with Gasteiger partial charge in [-0.25, -0.2) is 0 Å². The summed E-state index contributed by atoms with van der Waals surface area (Å²) in [5.41, 5.74) is 7.77. The van der Waals surface area contributed by atoms with E-state index in [-0.39, 0.29) is 11.4 Å². The van der Waals surface area contributed by atoms with E-state index in [1.54, 1.807) is 6.92 Å². The number of nitrogens with one attached hydrogen (secondary N) is 1. The Hall–Kier alpha value is -1.35. The molecule has 0 aliphatic rings. The van der Waals surface area contributed by atoms with Gasteiger partial charge in [-0.3, -0.25) is 4.79 Å². The standard InChI is InChI=1S/C14H22N2O/c1-10-7-5-6-8-12(10)9-14(3,4)16-13(17)11(2)15/h5-8,11H,9,15H2,1-4H3,(H,16,17)/t11-/m0/s1. The molecule has 1 rings (SSSR count). The monoisotopic (exact) mass is 234 g/mol. The van der Waals surface area contributed by atoms with Crippen molar-refractivity contribution in [3.8, 4) is 0 Å². The van der Waals surface area contributed by atoms with Crippen LogP contribution in [0.15, 0.2) is 24.3 Å². The first kappa shape index (κ1) is 13.7. The lowest BCUT2D eigenvalue weighted by atomic mass is 9.92. The van der Waals surface area contributed by atoms with Crippen LogP contribution in [0.5, 0.6) is 0 Å². The smallest absolute Gasteiger partial charge is 0.237 e. The van der Waals surface area contributed by atoms with Crippen molar-refractivity contribution in [2.24, 2.45) is 5.73 Å². The van der Waals surface area contributed by atoms with E-state index in [1.807, 2.05) is 26.0 Å². The Balaban J connectivity index is 2.73. The van der Waals surface area contributed by atoms with E-state index in [2.05, 4.69) is 24.4 Å². The van der Waals surface area contributed by atoms with Crippen molar-refractivity contribution < 1.29 is 4.79 Å². The summed E-state index contributed by atoms with van der Waals surface area (Å²) in [7, 11) is 0. The second-order valence-corrected chi connectivity index (χ2v) is 5.27. The van der Waals surface area contributed by atoms with Gasteiger partial charge in [0.15, 0.2) is 0 Å². The average molecular weight is 234 g/mol. The molecule has 0 heterocycles. The fourth-order valence-electron chi connectivity index (χ4n) is 1.78. The number of benzene rings is 1. The van der Waals surface area contributed by atoms with Crippen LogP contribution < -0.4 is 11.1 Å². The van der Waals surface area contributed by atoms with Gasteiger partial charge in [0.2, 0.25) is 5.91 Å². The number of amides is 1. The molecule has 1 amide bonds. The fourth-order valence-corrected chi connectivity index (χ4v) is 1.78. The van der Waals surface area contributed by atoms with Crippen LogP contribution in [-0.2, 0) is 11.2 Å². The number of carbonyl (C=O) groups excluding carboxylic acids is 1. The molecular formula is C14H22N2O. The van der Waals surface area contributed by atoms with Gasteiger partial charge < -0.3 is 11.1 Å². The van der Waals surface area contributed by atoms with Crippen LogP contribution in [0.4, 0.5) is 0 Å². The molecule has 0 aliphatic heterocycles. The summed E-state index contributed by atoms with van der Waals surface area (Å²) in [5, 5.41) is 2.97. The van der Waals surface area contributed by atoms with Crippen LogP contribution in [0.1, 0.15) is 31.9 Å². The van der Waals surface area contributed by atoms with E-state index >= 15 is 0 Å². The highest BCUT2D eigenvalue weighted by Crippen LogP contribution is 2.16. The largest absolute Gasteiger partial charge is 0.350 e. The molecular weight excluding hydrogens is 212 g/mol. The van der Waals surface area contributed by atoms with Crippen molar-refractivity contribution in [3.63, 3.8) is 0 Å². The first-order valence-corrected chi connectivity index (χ1v) is 5.94. The minimum absolute atomic E-state index is 0.108. The van der Waals surface area contributed by atoms with Crippen molar-refractivity contribution in [2.45, 2.75) is 45.7 Å². The Bertz CT molecular complexity index is 397. The number of hydrogen-bond donors (Lipinski definition) is 2. The van der Waals surface area contributed by atoms with Crippen molar-refractivity contribution in [3.05, 3.63) is 35.4 Å².